The Hall–Kier alpha value is -3.07. The number of hydrogen-bond acceptors (Lipinski definition) is 2. The van der Waals surface area contributed by atoms with Crippen LogP contribution >= 0.6 is 0 Å². The van der Waals surface area contributed by atoms with Gasteiger partial charge in [0.1, 0.15) is 11.6 Å². The quantitative estimate of drug-likeness (QED) is 0.427. The highest BCUT2D eigenvalue weighted by atomic mass is 16.5. The van der Waals surface area contributed by atoms with Gasteiger partial charge < -0.3 is 9.72 Å². The molecule has 0 bridgehead atoms. The summed E-state index contributed by atoms with van der Waals surface area (Å²) in [4.78, 5) is 8.28. The van der Waals surface area contributed by atoms with Gasteiger partial charge in [0, 0.05) is 5.56 Å². The van der Waals surface area contributed by atoms with Crippen molar-refractivity contribution in [2.75, 3.05) is 7.11 Å². The normalized spacial score (nSPS) is 19.3. The lowest BCUT2D eigenvalue weighted by Gasteiger charge is -2.29. The first-order chi connectivity index (χ1) is 14.3. The minimum absolute atomic E-state index is 0.636. The molecule has 29 heavy (non-hydrogen) atoms. The molecule has 1 N–H and O–H groups in total. The Balaban J connectivity index is 1.31. The van der Waals surface area contributed by atoms with Crippen molar-refractivity contribution in [3.63, 3.8) is 0 Å². The number of ether oxygens (including phenoxy) is 1. The lowest BCUT2D eigenvalue weighted by Crippen LogP contribution is -2.12. The topological polar surface area (TPSA) is 37.9 Å². The van der Waals surface area contributed by atoms with Crippen LogP contribution in [0.1, 0.15) is 48.6 Å². The largest absolute Gasteiger partial charge is 0.497 e. The van der Waals surface area contributed by atoms with Gasteiger partial charge in [-0.05, 0) is 72.9 Å². The minimum Gasteiger partial charge on any atom is -0.497 e. The molecule has 4 aromatic rings. The summed E-state index contributed by atoms with van der Waals surface area (Å²) in [6.45, 7) is 0. The highest BCUT2D eigenvalue weighted by molar-refractivity contribution is 5.80. The van der Waals surface area contributed by atoms with Crippen molar-refractivity contribution in [3.05, 3.63) is 83.9 Å². The zero-order valence-corrected chi connectivity index (χ0v) is 16.8. The monoisotopic (exact) mass is 382 g/mol. The number of methoxy groups -OCH3 is 1. The third kappa shape index (κ3) is 3.65. The third-order valence-electron chi connectivity index (χ3n) is 6.34. The fourth-order valence-electron chi connectivity index (χ4n) is 4.65. The Bertz CT molecular complexity index is 1090. The molecule has 1 heterocycles. The van der Waals surface area contributed by atoms with Crippen molar-refractivity contribution in [1.82, 2.24) is 9.97 Å². The lowest BCUT2D eigenvalue weighted by molar-refractivity contribution is 0.394. The first-order valence-corrected chi connectivity index (χ1v) is 10.5. The molecule has 0 radical (unpaired) electrons. The molecular weight excluding hydrogens is 356 g/mol. The van der Waals surface area contributed by atoms with Gasteiger partial charge >= 0.3 is 0 Å². The highest BCUT2D eigenvalue weighted by Gasteiger charge is 2.24. The summed E-state index contributed by atoms with van der Waals surface area (Å²) >= 11 is 0. The van der Waals surface area contributed by atoms with Gasteiger partial charge in [0.25, 0.3) is 0 Å². The van der Waals surface area contributed by atoms with Crippen LogP contribution in [-0.2, 0) is 0 Å². The summed E-state index contributed by atoms with van der Waals surface area (Å²) in [5.74, 6) is 3.18. The zero-order valence-electron chi connectivity index (χ0n) is 16.8. The number of H-pyrrole nitrogens is 1. The van der Waals surface area contributed by atoms with Crippen LogP contribution in [0.5, 0.6) is 5.75 Å². The van der Waals surface area contributed by atoms with Crippen LogP contribution in [0.25, 0.3) is 22.4 Å². The number of imidazole rings is 1. The molecule has 0 amide bonds. The Morgan fingerprint density at radius 2 is 1.45 bits per heavy atom. The number of hydrogen-bond donors (Lipinski definition) is 1. The first kappa shape index (κ1) is 18.0. The fraction of sp³-hybridized carbons (Fsp3) is 0.269. The van der Waals surface area contributed by atoms with Gasteiger partial charge in [-0.2, -0.15) is 0 Å². The molecule has 0 saturated heterocycles. The van der Waals surface area contributed by atoms with E-state index in [9.17, 15) is 0 Å². The average molecular weight is 383 g/mol. The number of nitrogens with one attached hydrogen (secondary N) is 1. The van der Waals surface area contributed by atoms with Crippen molar-refractivity contribution in [2.24, 2.45) is 0 Å². The minimum atomic E-state index is 0.636. The van der Waals surface area contributed by atoms with E-state index in [1.165, 1.54) is 36.8 Å². The van der Waals surface area contributed by atoms with Crippen molar-refractivity contribution in [1.29, 1.82) is 0 Å². The van der Waals surface area contributed by atoms with E-state index in [4.69, 9.17) is 9.72 Å². The van der Waals surface area contributed by atoms with Crippen molar-refractivity contribution in [3.8, 4) is 17.1 Å². The Kier molecular flexibility index (Phi) is 4.81. The second-order valence-corrected chi connectivity index (χ2v) is 8.05. The van der Waals surface area contributed by atoms with Crippen LogP contribution in [0.15, 0.2) is 72.8 Å². The van der Waals surface area contributed by atoms with E-state index < -0.39 is 0 Å². The highest BCUT2D eigenvalue weighted by Crippen LogP contribution is 2.41. The zero-order chi connectivity index (χ0) is 19.6. The summed E-state index contributed by atoms with van der Waals surface area (Å²) in [5, 5.41) is 0. The number of nitrogens with zero attached hydrogens (tertiary/aromatic N) is 1. The van der Waals surface area contributed by atoms with Gasteiger partial charge in [0.2, 0.25) is 0 Å². The molecule has 0 atom stereocenters. The average Bonchev–Trinajstić information content (AvgIpc) is 3.23. The molecule has 1 saturated carbocycles. The number of aromatic amines is 1. The molecule has 146 valence electrons. The molecule has 5 rings (SSSR count). The summed E-state index contributed by atoms with van der Waals surface area (Å²) in [6.07, 6.45) is 4.96. The predicted octanol–water partition coefficient (Wildman–Crippen LogP) is 6.68. The van der Waals surface area contributed by atoms with E-state index >= 15 is 0 Å². The van der Waals surface area contributed by atoms with E-state index in [0.29, 0.717) is 11.8 Å². The number of fused-ring (bicyclic) bond motifs is 1. The molecular formula is C26H26N2O. The number of benzene rings is 3. The lowest BCUT2D eigenvalue weighted by atomic mass is 9.76. The van der Waals surface area contributed by atoms with E-state index in [0.717, 1.165) is 28.2 Å². The van der Waals surface area contributed by atoms with Crippen LogP contribution in [0.3, 0.4) is 0 Å². The molecule has 3 nitrogen and oxygen atoms in total. The van der Waals surface area contributed by atoms with E-state index in [1.807, 2.05) is 6.07 Å². The van der Waals surface area contributed by atoms with E-state index in [-0.39, 0.29) is 0 Å². The molecule has 0 aliphatic heterocycles. The van der Waals surface area contributed by atoms with Crippen molar-refractivity contribution >= 4 is 11.0 Å². The molecule has 0 spiro atoms. The Morgan fingerprint density at radius 1 is 0.793 bits per heavy atom. The summed E-state index contributed by atoms with van der Waals surface area (Å²) < 4.78 is 5.29. The number of rotatable bonds is 4. The van der Waals surface area contributed by atoms with E-state index in [1.54, 1.807) is 7.11 Å². The molecule has 1 aliphatic rings. The molecule has 1 fully saturated rings. The summed E-state index contributed by atoms with van der Waals surface area (Å²) in [5.41, 5.74) is 6.19. The van der Waals surface area contributed by atoms with Gasteiger partial charge in [-0.1, -0.05) is 48.5 Å². The second-order valence-electron chi connectivity index (χ2n) is 8.05. The molecule has 3 aromatic carbocycles. The fourth-order valence-corrected chi connectivity index (χ4v) is 4.65. The van der Waals surface area contributed by atoms with Gasteiger partial charge in [-0.15, -0.1) is 0 Å². The maximum atomic E-state index is 5.29. The van der Waals surface area contributed by atoms with Crippen LogP contribution in [0.2, 0.25) is 0 Å². The molecule has 3 heteroatoms. The van der Waals surface area contributed by atoms with Gasteiger partial charge in [-0.3, -0.25) is 0 Å². The van der Waals surface area contributed by atoms with Crippen molar-refractivity contribution in [2.45, 2.75) is 37.5 Å². The summed E-state index contributed by atoms with van der Waals surface area (Å²) in [7, 11) is 1.72. The van der Waals surface area contributed by atoms with Gasteiger partial charge in [-0.25, -0.2) is 4.98 Å². The van der Waals surface area contributed by atoms with Crippen LogP contribution in [0, 0.1) is 0 Å². The first-order valence-electron chi connectivity index (χ1n) is 10.5. The van der Waals surface area contributed by atoms with Crippen LogP contribution in [-0.4, -0.2) is 17.1 Å². The Labute approximate surface area is 171 Å². The van der Waals surface area contributed by atoms with Crippen LogP contribution < -0.4 is 4.74 Å². The van der Waals surface area contributed by atoms with Crippen molar-refractivity contribution < 1.29 is 4.74 Å². The maximum Gasteiger partial charge on any atom is 0.138 e. The number of aromatic nitrogens is 2. The predicted molar refractivity (Wildman–Crippen MR) is 118 cm³/mol. The maximum absolute atomic E-state index is 5.29. The van der Waals surface area contributed by atoms with E-state index in [2.05, 4.69) is 71.7 Å². The smallest absolute Gasteiger partial charge is 0.138 e. The SMILES string of the molecule is COc1ccc(C2CCC(c3ccc4nc(-c5ccccc5)[nH]c4c3)CC2)cc1. The summed E-state index contributed by atoms with van der Waals surface area (Å²) in [6, 6.07) is 25.7. The standard InChI is InChI=1S/C26H26N2O/c1-29-23-14-11-19(12-15-23)18-7-9-20(10-8-18)22-13-16-24-25(17-22)28-26(27-24)21-5-3-2-4-6-21/h2-6,11-18,20H,7-10H2,1H3,(H,27,28). The Morgan fingerprint density at radius 3 is 2.14 bits per heavy atom. The van der Waals surface area contributed by atoms with Gasteiger partial charge in [0.05, 0.1) is 18.1 Å². The molecule has 0 unspecified atom stereocenters. The molecule has 1 aliphatic carbocycles. The van der Waals surface area contributed by atoms with Gasteiger partial charge in [0.15, 0.2) is 0 Å². The molecule has 1 aromatic heterocycles. The second kappa shape index (κ2) is 7.75. The third-order valence-corrected chi connectivity index (χ3v) is 6.34. The van der Waals surface area contributed by atoms with Crippen LogP contribution in [0.4, 0.5) is 0 Å².